The third-order valence-corrected chi connectivity index (χ3v) is 5.31. The van der Waals surface area contributed by atoms with Crippen LogP contribution in [0.3, 0.4) is 0 Å². The first kappa shape index (κ1) is 20.1. The Kier molecular flexibility index (Phi) is 6.09. The van der Waals surface area contributed by atoms with E-state index in [0.29, 0.717) is 23.3 Å². The quantitative estimate of drug-likeness (QED) is 0.283. The van der Waals surface area contributed by atoms with E-state index >= 15 is 0 Å². The van der Waals surface area contributed by atoms with Crippen LogP contribution in [-0.2, 0) is 0 Å². The van der Waals surface area contributed by atoms with Gasteiger partial charge in [-0.25, -0.2) is 8.78 Å². The van der Waals surface area contributed by atoms with Crippen LogP contribution in [0, 0.1) is 18.6 Å². The highest BCUT2D eigenvalue weighted by Gasteiger charge is 2.19. The molecular formula is C23H19F2N3OS. The molecule has 0 unspecified atom stereocenters. The summed E-state index contributed by atoms with van der Waals surface area (Å²) in [5.41, 5.74) is 2.15. The van der Waals surface area contributed by atoms with Gasteiger partial charge in [-0.15, -0.1) is 10.2 Å². The van der Waals surface area contributed by atoms with Gasteiger partial charge in [0.2, 0.25) is 0 Å². The summed E-state index contributed by atoms with van der Waals surface area (Å²) >= 11 is 1.40. The van der Waals surface area contributed by atoms with Gasteiger partial charge in [-0.1, -0.05) is 59.8 Å². The molecule has 7 heteroatoms. The summed E-state index contributed by atoms with van der Waals surface area (Å²) in [5, 5.41) is 9.02. The van der Waals surface area contributed by atoms with Crippen LogP contribution in [0.25, 0.3) is 17.1 Å². The van der Waals surface area contributed by atoms with Crippen molar-refractivity contribution in [2.24, 2.45) is 0 Å². The Labute approximate surface area is 177 Å². The Morgan fingerprint density at radius 1 is 0.933 bits per heavy atom. The minimum Gasteiger partial charge on any atom is -0.493 e. The fourth-order valence-corrected chi connectivity index (χ4v) is 3.71. The van der Waals surface area contributed by atoms with E-state index < -0.39 is 11.6 Å². The van der Waals surface area contributed by atoms with Crippen molar-refractivity contribution in [3.8, 4) is 22.8 Å². The van der Waals surface area contributed by atoms with E-state index in [0.717, 1.165) is 17.4 Å². The Morgan fingerprint density at radius 3 is 2.43 bits per heavy atom. The third-order valence-electron chi connectivity index (χ3n) is 4.42. The third kappa shape index (κ3) is 4.52. The van der Waals surface area contributed by atoms with Crippen molar-refractivity contribution in [1.82, 2.24) is 14.8 Å². The number of thioether (sulfide) groups is 1. The Hall–Kier alpha value is -3.19. The number of hydrogen-bond acceptors (Lipinski definition) is 4. The zero-order chi connectivity index (χ0) is 20.9. The van der Waals surface area contributed by atoms with Gasteiger partial charge in [-0.2, -0.15) is 0 Å². The van der Waals surface area contributed by atoms with Crippen LogP contribution in [0.5, 0.6) is 5.75 Å². The van der Waals surface area contributed by atoms with Crippen molar-refractivity contribution in [3.05, 3.63) is 90.0 Å². The minimum absolute atomic E-state index is 0.196. The van der Waals surface area contributed by atoms with Crippen molar-refractivity contribution in [3.63, 3.8) is 0 Å². The molecule has 30 heavy (non-hydrogen) atoms. The molecular weight excluding hydrogens is 404 g/mol. The molecule has 3 aromatic carbocycles. The molecule has 0 bridgehead atoms. The van der Waals surface area contributed by atoms with Gasteiger partial charge in [0.25, 0.3) is 0 Å². The number of benzene rings is 3. The fraction of sp³-hybridized carbons (Fsp3) is 0.130. The fourth-order valence-electron chi connectivity index (χ4n) is 2.94. The van der Waals surface area contributed by atoms with E-state index in [4.69, 9.17) is 4.74 Å². The number of halogens is 2. The smallest absolute Gasteiger partial charge is 0.196 e. The molecule has 0 aliphatic carbocycles. The normalized spacial score (nSPS) is 10.9. The van der Waals surface area contributed by atoms with Gasteiger partial charge in [0.05, 0.1) is 12.3 Å². The number of nitrogens with zero attached hydrogens (tertiary/aromatic N) is 3. The lowest BCUT2D eigenvalue weighted by molar-refractivity contribution is 0.344. The predicted molar refractivity (Wildman–Crippen MR) is 114 cm³/mol. The van der Waals surface area contributed by atoms with Crippen LogP contribution in [-0.4, -0.2) is 27.1 Å². The molecule has 0 aliphatic rings. The second-order valence-electron chi connectivity index (χ2n) is 6.61. The van der Waals surface area contributed by atoms with Crippen LogP contribution in [0.4, 0.5) is 8.78 Å². The molecule has 0 fully saturated rings. The Balaban J connectivity index is 1.58. The zero-order valence-corrected chi connectivity index (χ0v) is 17.1. The average molecular weight is 423 g/mol. The highest BCUT2D eigenvalue weighted by atomic mass is 32.2. The number of aryl methyl sites for hydroxylation is 1. The second-order valence-corrected chi connectivity index (χ2v) is 7.68. The molecule has 0 amide bonds. The van der Waals surface area contributed by atoms with Crippen LogP contribution in [0.15, 0.2) is 78.0 Å². The van der Waals surface area contributed by atoms with Gasteiger partial charge in [-0.05, 0) is 31.2 Å². The summed E-state index contributed by atoms with van der Waals surface area (Å²) in [5.74, 6) is 0.556. The Morgan fingerprint density at radius 2 is 1.70 bits per heavy atom. The summed E-state index contributed by atoms with van der Waals surface area (Å²) in [6, 6.07) is 20.7. The van der Waals surface area contributed by atoms with E-state index in [9.17, 15) is 8.78 Å². The van der Waals surface area contributed by atoms with E-state index in [2.05, 4.69) is 10.2 Å². The number of aromatic nitrogens is 3. The monoisotopic (exact) mass is 423 g/mol. The van der Waals surface area contributed by atoms with Gasteiger partial charge in [-0.3, -0.25) is 4.57 Å². The molecule has 0 spiro atoms. The summed E-state index contributed by atoms with van der Waals surface area (Å²) in [6.45, 7) is 2.47. The van der Waals surface area contributed by atoms with Crippen molar-refractivity contribution in [1.29, 1.82) is 0 Å². The highest BCUT2D eigenvalue weighted by molar-refractivity contribution is 7.99. The molecule has 1 heterocycles. The molecule has 4 nitrogen and oxygen atoms in total. The molecule has 0 radical (unpaired) electrons. The molecule has 0 atom stereocenters. The summed E-state index contributed by atoms with van der Waals surface area (Å²) < 4.78 is 35.4. The molecule has 152 valence electrons. The lowest BCUT2D eigenvalue weighted by Gasteiger charge is -2.12. The molecule has 4 aromatic rings. The van der Waals surface area contributed by atoms with Crippen molar-refractivity contribution in [2.75, 3.05) is 12.4 Å². The number of rotatable bonds is 7. The largest absolute Gasteiger partial charge is 0.493 e. The van der Waals surface area contributed by atoms with Gasteiger partial charge >= 0.3 is 0 Å². The lowest BCUT2D eigenvalue weighted by Crippen LogP contribution is -2.05. The molecule has 0 saturated carbocycles. The minimum atomic E-state index is -0.676. The molecule has 0 aliphatic heterocycles. The second kappa shape index (κ2) is 9.09. The van der Waals surface area contributed by atoms with Crippen LogP contribution < -0.4 is 4.74 Å². The van der Waals surface area contributed by atoms with Crippen molar-refractivity contribution >= 4 is 11.8 Å². The first-order valence-corrected chi connectivity index (χ1v) is 10.4. The maximum Gasteiger partial charge on any atom is 0.196 e. The van der Waals surface area contributed by atoms with Gasteiger partial charge < -0.3 is 4.74 Å². The van der Waals surface area contributed by atoms with E-state index in [1.807, 2.05) is 61.5 Å². The summed E-state index contributed by atoms with van der Waals surface area (Å²) in [4.78, 5) is 0. The van der Waals surface area contributed by atoms with Crippen LogP contribution in [0.2, 0.25) is 0 Å². The first-order chi connectivity index (χ1) is 14.6. The van der Waals surface area contributed by atoms with Crippen LogP contribution in [0.1, 0.15) is 5.56 Å². The standard InChI is InChI=1S/C23H19F2N3OS/c1-16-7-10-19(11-8-16)29-13-14-30-23-27-26-22(17-5-3-2-4-6-17)28(23)21-12-9-18(24)15-20(21)25/h2-12,15H,13-14H2,1H3. The maximum absolute atomic E-state index is 14.6. The van der Waals surface area contributed by atoms with E-state index in [1.165, 1.54) is 29.5 Å². The SMILES string of the molecule is Cc1ccc(OCCSc2nnc(-c3ccccc3)n2-c2ccc(F)cc2F)cc1. The molecule has 1 aromatic heterocycles. The zero-order valence-electron chi connectivity index (χ0n) is 16.3. The van der Waals surface area contributed by atoms with Gasteiger partial charge in [0, 0.05) is 17.4 Å². The summed E-state index contributed by atoms with van der Waals surface area (Å²) in [7, 11) is 0. The van der Waals surface area contributed by atoms with Crippen LogP contribution >= 0.6 is 11.8 Å². The average Bonchev–Trinajstić information content (AvgIpc) is 3.17. The van der Waals surface area contributed by atoms with Gasteiger partial charge in [0.1, 0.15) is 17.4 Å². The molecule has 0 saturated heterocycles. The topological polar surface area (TPSA) is 39.9 Å². The maximum atomic E-state index is 14.6. The Bertz CT molecular complexity index is 1130. The molecule has 4 rings (SSSR count). The van der Waals surface area contributed by atoms with E-state index in [-0.39, 0.29) is 5.69 Å². The highest BCUT2D eigenvalue weighted by Crippen LogP contribution is 2.29. The molecule has 0 N–H and O–H groups in total. The van der Waals surface area contributed by atoms with Crippen molar-refractivity contribution < 1.29 is 13.5 Å². The first-order valence-electron chi connectivity index (χ1n) is 9.40. The number of ether oxygens (including phenoxy) is 1. The lowest BCUT2D eigenvalue weighted by atomic mass is 10.2. The predicted octanol–water partition coefficient (Wildman–Crippen LogP) is 5.69. The summed E-state index contributed by atoms with van der Waals surface area (Å²) in [6.07, 6.45) is 0. The number of hydrogen-bond donors (Lipinski definition) is 0. The van der Waals surface area contributed by atoms with Gasteiger partial charge in [0.15, 0.2) is 11.0 Å². The van der Waals surface area contributed by atoms with Crippen molar-refractivity contribution in [2.45, 2.75) is 12.1 Å². The van der Waals surface area contributed by atoms with E-state index in [1.54, 1.807) is 4.57 Å².